The lowest BCUT2D eigenvalue weighted by atomic mass is 10.5. The molecule has 0 atom stereocenters. The van der Waals surface area contributed by atoms with E-state index in [9.17, 15) is 51.6 Å². The van der Waals surface area contributed by atoms with Crippen LogP contribution < -0.4 is 0 Å². The van der Waals surface area contributed by atoms with Crippen LogP contribution in [0.3, 0.4) is 0 Å². The van der Waals surface area contributed by atoms with Crippen LogP contribution in [0.5, 0.6) is 0 Å². The Morgan fingerprint density at radius 1 is 0.727 bits per heavy atom. The van der Waals surface area contributed by atoms with Gasteiger partial charge in [0.1, 0.15) is 0 Å². The molecule has 0 aromatic rings. The van der Waals surface area contributed by atoms with Gasteiger partial charge in [0.2, 0.25) is 0 Å². The standard InChI is InChI=1S/C7H8F6O6S3/c1-20(14,15)5(4-2-3-4,21(16,17)6(8,9)10)22(18,19)7(11,12)13/h4H,2-3H2,1H3. The van der Waals surface area contributed by atoms with Gasteiger partial charge in [0, 0.05) is 12.2 Å². The molecule has 6 nitrogen and oxygen atoms in total. The molecule has 0 unspecified atom stereocenters. The Labute approximate surface area is 121 Å². The minimum Gasteiger partial charge on any atom is -0.226 e. The molecule has 0 bridgehead atoms. The molecule has 0 aliphatic heterocycles. The Bertz CT molecular complexity index is 724. The molecule has 0 aromatic heterocycles. The molecule has 1 fully saturated rings. The minimum absolute atomic E-state index is 0.280. The zero-order valence-electron chi connectivity index (χ0n) is 10.4. The van der Waals surface area contributed by atoms with E-state index in [2.05, 4.69) is 0 Å². The number of rotatable bonds is 4. The van der Waals surface area contributed by atoms with Crippen molar-refractivity contribution >= 4 is 29.5 Å². The van der Waals surface area contributed by atoms with Gasteiger partial charge in [-0.3, -0.25) is 0 Å². The van der Waals surface area contributed by atoms with Crippen LogP contribution in [-0.2, 0) is 29.5 Å². The quantitative estimate of drug-likeness (QED) is 0.654. The molecule has 22 heavy (non-hydrogen) atoms. The first kappa shape index (κ1) is 19.5. The van der Waals surface area contributed by atoms with Crippen LogP contribution >= 0.6 is 0 Å². The molecule has 0 spiro atoms. The van der Waals surface area contributed by atoms with E-state index in [0.29, 0.717) is 0 Å². The fourth-order valence-corrected chi connectivity index (χ4v) is 10.4. The van der Waals surface area contributed by atoms with Gasteiger partial charge in [-0.05, 0) is 12.8 Å². The fourth-order valence-electron chi connectivity index (χ4n) is 2.04. The average Bonchev–Trinajstić information content (AvgIpc) is 2.95. The normalized spacial score (nSPS) is 19.2. The van der Waals surface area contributed by atoms with Gasteiger partial charge in [0.05, 0.1) is 0 Å². The summed E-state index contributed by atoms with van der Waals surface area (Å²) in [5, 5.41) is 0. The highest BCUT2D eigenvalue weighted by Crippen LogP contribution is 2.57. The molecule has 0 aromatic carbocycles. The van der Waals surface area contributed by atoms with E-state index >= 15 is 0 Å². The van der Waals surface area contributed by atoms with Crippen LogP contribution in [0.25, 0.3) is 0 Å². The van der Waals surface area contributed by atoms with Crippen LogP contribution in [0.4, 0.5) is 26.3 Å². The van der Waals surface area contributed by atoms with E-state index in [0.717, 1.165) is 0 Å². The molecule has 0 heterocycles. The van der Waals surface area contributed by atoms with Gasteiger partial charge in [-0.1, -0.05) is 0 Å². The van der Waals surface area contributed by atoms with Crippen molar-refractivity contribution in [1.82, 2.24) is 0 Å². The molecule has 1 aliphatic carbocycles. The Morgan fingerprint density at radius 2 is 1.00 bits per heavy atom. The lowest BCUT2D eigenvalue weighted by Gasteiger charge is -2.32. The highest BCUT2D eigenvalue weighted by Gasteiger charge is 2.82. The number of alkyl halides is 6. The molecule has 1 aliphatic rings. The zero-order valence-corrected chi connectivity index (χ0v) is 12.9. The third-order valence-corrected chi connectivity index (χ3v) is 12.2. The first-order valence-electron chi connectivity index (χ1n) is 5.17. The summed E-state index contributed by atoms with van der Waals surface area (Å²) < 4.78 is 140. The van der Waals surface area contributed by atoms with Gasteiger partial charge in [0.15, 0.2) is 9.84 Å². The molecular formula is C7H8F6O6S3. The molecule has 0 saturated heterocycles. The third kappa shape index (κ3) is 2.31. The summed E-state index contributed by atoms with van der Waals surface area (Å²) in [5.41, 5.74) is -13.0. The number of sulfone groups is 3. The number of hydrogen-bond donors (Lipinski definition) is 0. The third-order valence-electron chi connectivity index (χ3n) is 2.95. The molecular weight excluding hydrogens is 390 g/mol. The summed E-state index contributed by atoms with van der Waals surface area (Å²) in [5.74, 6) is -2.35. The van der Waals surface area contributed by atoms with Crippen LogP contribution in [-0.4, -0.2) is 45.9 Å². The van der Waals surface area contributed by atoms with Gasteiger partial charge >= 0.3 is 11.0 Å². The second-order valence-corrected chi connectivity index (χ2v) is 11.7. The Kier molecular flexibility index (Phi) is 4.18. The van der Waals surface area contributed by atoms with Crippen molar-refractivity contribution < 1.29 is 51.6 Å². The van der Waals surface area contributed by atoms with Gasteiger partial charge in [-0.25, -0.2) is 25.3 Å². The van der Waals surface area contributed by atoms with Crippen LogP contribution in [0, 0.1) is 5.92 Å². The summed E-state index contributed by atoms with van der Waals surface area (Å²) in [6.07, 6.45) is -1.73. The lowest BCUT2D eigenvalue weighted by Crippen LogP contribution is -2.61. The van der Waals surface area contributed by atoms with Crippen molar-refractivity contribution in [3.63, 3.8) is 0 Å². The summed E-state index contributed by atoms with van der Waals surface area (Å²) in [6, 6.07) is 0. The molecule has 1 rings (SSSR count). The number of halogens is 6. The highest BCUT2D eigenvalue weighted by atomic mass is 32.3. The summed E-state index contributed by atoms with van der Waals surface area (Å²) in [7, 11) is -20.3. The molecule has 132 valence electrons. The largest absolute Gasteiger partial charge is 0.500 e. The van der Waals surface area contributed by atoms with E-state index in [1.165, 1.54) is 0 Å². The smallest absolute Gasteiger partial charge is 0.226 e. The fraction of sp³-hybridized carbons (Fsp3) is 1.00. The van der Waals surface area contributed by atoms with Crippen molar-refractivity contribution in [3.8, 4) is 0 Å². The van der Waals surface area contributed by atoms with Crippen LogP contribution in [0.1, 0.15) is 12.8 Å². The maximum absolute atomic E-state index is 12.7. The highest BCUT2D eigenvalue weighted by molar-refractivity contribution is 8.26. The zero-order chi connectivity index (χ0) is 18.0. The van der Waals surface area contributed by atoms with Gasteiger partial charge in [-0.15, -0.1) is 0 Å². The Hall–Kier alpha value is -0.570. The van der Waals surface area contributed by atoms with Crippen molar-refractivity contribution in [1.29, 1.82) is 0 Å². The monoisotopic (exact) mass is 398 g/mol. The Morgan fingerprint density at radius 3 is 1.14 bits per heavy atom. The van der Waals surface area contributed by atoms with Crippen LogP contribution in [0.15, 0.2) is 0 Å². The second-order valence-electron chi connectivity index (χ2n) is 4.55. The predicted octanol–water partition coefficient (Wildman–Crippen LogP) is 0.964. The Balaban J connectivity index is 4.10. The second kappa shape index (κ2) is 4.72. The van der Waals surface area contributed by atoms with Crippen molar-refractivity contribution in [2.45, 2.75) is 27.3 Å². The first-order valence-corrected chi connectivity index (χ1v) is 10.0. The first-order chi connectivity index (χ1) is 9.36. The molecule has 1 saturated carbocycles. The van der Waals surface area contributed by atoms with E-state index in [-0.39, 0.29) is 6.26 Å². The maximum atomic E-state index is 12.7. The van der Waals surface area contributed by atoms with Crippen LogP contribution in [0.2, 0.25) is 0 Å². The average molecular weight is 398 g/mol. The van der Waals surface area contributed by atoms with E-state index in [1.807, 2.05) is 0 Å². The topological polar surface area (TPSA) is 102 Å². The summed E-state index contributed by atoms with van der Waals surface area (Å²) in [6.45, 7) is 0. The van der Waals surface area contributed by atoms with Gasteiger partial charge < -0.3 is 0 Å². The van der Waals surface area contributed by atoms with Crippen molar-refractivity contribution in [2.24, 2.45) is 5.92 Å². The molecule has 0 amide bonds. The van der Waals surface area contributed by atoms with Crippen molar-refractivity contribution in [3.05, 3.63) is 0 Å². The maximum Gasteiger partial charge on any atom is 0.500 e. The SMILES string of the molecule is CS(=O)(=O)C(C1CC1)(S(=O)(=O)C(F)(F)F)S(=O)(=O)C(F)(F)F. The van der Waals surface area contributed by atoms with E-state index in [4.69, 9.17) is 0 Å². The lowest BCUT2D eigenvalue weighted by molar-refractivity contribution is -0.0482. The molecule has 0 N–H and O–H groups in total. The minimum atomic E-state index is -7.23. The van der Waals surface area contributed by atoms with E-state index in [1.54, 1.807) is 0 Å². The molecule has 15 heteroatoms. The van der Waals surface area contributed by atoms with E-state index < -0.39 is 62.7 Å². The van der Waals surface area contributed by atoms with Gasteiger partial charge in [-0.2, -0.15) is 26.3 Å². The summed E-state index contributed by atoms with van der Waals surface area (Å²) >= 11 is 0. The predicted molar refractivity (Wildman–Crippen MR) is 60.2 cm³/mol. The van der Waals surface area contributed by atoms with Crippen molar-refractivity contribution in [2.75, 3.05) is 6.26 Å². The number of hydrogen-bond acceptors (Lipinski definition) is 6. The summed E-state index contributed by atoms with van der Waals surface area (Å²) in [4.78, 5) is 0. The molecule has 0 radical (unpaired) electrons. The van der Waals surface area contributed by atoms with Gasteiger partial charge in [0.25, 0.3) is 23.1 Å².